The summed E-state index contributed by atoms with van der Waals surface area (Å²) >= 11 is 6.51. The molecule has 1 aromatic carbocycles. The Hall–Kier alpha value is -1.96. The van der Waals surface area contributed by atoms with Gasteiger partial charge in [-0.05, 0) is 43.9 Å². The monoisotopic (exact) mass is 436 g/mol. The molecule has 3 rings (SSSR count). The fraction of sp³-hybridized carbons (Fsp3) is 0.545. The number of hydrogen-bond donors (Lipinski definition) is 1. The summed E-state index contributed by atoms with van der Waals surface area (Å²) in [6.45, 7) is 5.20. The molecule has 1 aromatic heterocycles. The lowest BCUT2D eigenvalue weighted by atomic mass is 10.1. The Kier molecular flexibility index (Phi) is 8.24. The number of anilines is 1. The molecule has 6 nitrogen and oxygen atoms in total. The SMILES string of the molecule is CCc1nc(-c2ccc(OC)cc2Cl)c(CC)nc1NN1CCCC1COCCF. The van der Waals surface area contributed by atoms with Gasteiger partial charge in [0.05, 0.1) is 48.5 Å². The molecule has 1 fully saturated rings. The topological polar surface area (TPSA) is 59.5 Å². The highest BCUT2D eigenvalue weighted by Gasteiger charge is 2.26. The van der Waals surface area contributed by atoms with E-state index in [0.29, 0.717) is 17.4 Å². The number of methoxy groups -OCH3 is 1. The van der Waals surface area contributed by atoms with Crippen molar-refractivity contribution in [2.75, 3.05) is 39.0 Å². The second-order valence-electron chi connectivity index (χ2n) is 7.23. The number of ether oxygens (including phenoxy) is 2. The van der Waals surface area contributed by atoms with Crippen molar-refractivity contribution in [3.8, 4) is 17.0 Å². The molecule has 0 saturated carbocycles. The van der Waals surface area contributed by atoms with Crippen molar-refractivity contribution >= 4 is 17.4 Å². The van der Waals surface area contributed by atoms with Crippen LogP contribution in [-0.4, -0.2) is 54.6 Å². The standard InChI is InChI=1S/C22H30ClFN4O2/c1-4-19-21(17-9-8-16(29-3)13-18(17)23)25-20(5-2)22(26-19)27-28-11-6-7-15(28)14-30-12-10-24/h8-9,13,15H,4-7,10-12,14H2,1-3H3,(H,26,27). The van der Waals surface area contributed by atoms with Crippen LogP contribution < -0.4 is 10.2 Å². The molecule has 30 heavy (non-hydrogen) atoms. The molecule has 164 valence electrons. The maximum Gasteiger partial charge on any atom is 0.162 e. The van der Waals surface area contributed by atoms with Crippen LogP contribution in [0.1, 0.15) is 38.1 Å². The first-order chi connectivity index (χ1) is 14.6. The summed E-state index contributed by atoms with van der Waals surface area (Å²) in [6.07, 6.45) is 3.53. The van der Waals surface area contributed by atoms with E-state index < -0.39 is 6.67 Å². The first-order valence-electron chi connectivity index (χ1n) is 10.5. The summed E-state index contributed by atoms with van der Waals surface area (Å²) in [7, 11) is 1.62. The minimum Gasteiger partial charge on any atom is -0.497 e. The van der Waals surface area contributed by atoms with Crippen molar-refractivity contribution in [3.05, 3.63) is 34.6 Å². The Labute approximate surface area is 182 Å². The number of nitrogens with zero attached hydrogens (tertiary/aromatic N) is 3. The lowest BCUT2D eigenvalue weighted by Crippen LogP contribution is -2.38. The lowest BCUT2D eigenvalue weighted by Gasteiger charge is -2.26. The Morgan fingerprint density at radius 1 is 1.23 bits per heavy atom. The summed E-state index contributed by atoms with van der Waals surface area (Å²) < 4.78 is 23.0. The van der Waals surface area contributed by atoms with E-state index in [0.717, 1.165) is 60.7 Å². The summed E-state index contributed by atoms with van der Waals surface area (Å²) in [5.41, 5.74) is 6.87. The molecule has 1 atom stereocenters. The molecule has 1 N–H and O–H groups in total. The van der Waals surface area contributed by atoms with Gasteiger partial charge in [0.1, 0.15) is 12.4 Å². The predicted molar refractivity (Wildman–Crippen MR) is 118 cm³/mol. The zero-order chi connectivity index (χ0) is 21.5. The van der Waals surface area contributed by atoms with E-state index in [1.54, 1.807) is 13.2 Å². The van der Waals surface area contributed by atoms with E-state index in [4.69, 9.17) is 31.0 Å². The Morgan fingerprint density at radius 2 is 2.03 bits per heavy atom. The molecule has 2 aromatic rings. The molecule has 1 aliphatic heterocycles. The second kappa shape index (κ2) is 10.9. The van der Waals surface area contributed by atoms with Gasteiger partial charge in [-0.3, -0.25) is 0 Å². The quantitative estimate of drug-likeness (QED) is 0.544. The van der Waals surface area contributed by atoms with Crippen LogP contribution in [0.15, 0.2) is 18.2 Å². The van der Waals surface area contributed by atoms with Crippen molar-refractivity contribution in [3.63, 3.8) is 0 Å². The Balaban J connectivity index is 1.88. The molecule has 2 heterocycles. The van der Waals surface area contributed by atoms with E-state index in [2.05, 4.69) is 24.3 Å². The zero-order valence-corrected chi connectivity index (χ0v) is 18.6. The third-order valence-corrected chi connectivity index (χ3v) is 5.61. The molecule has 1 unspecified atom stereocenters. The third-order valence-electron chi connectivity index (χ3n) is 5.30. The van der Waals surface area contributed by atoms with Crippen LogP contribution >= 0.6 is 11.6 Å². The van der Waals surface area contributed by atoms with Gasteiger partial charge in [0.2, 0.25) is 0 Å². The molecule has 0 aliphatic carbocycles. The van der Waals surface area contributed by atoms with Gasteiger partial charge in [-0.15, -0.1) is 0 Å². The molecule has 0 amide bonds. The molecule has 0 spiro atoms. The summed E-state index contributed by atoms with van der Waals surface area (Å²) in [5.74, 6) is 1.47. The predicted octanol–water partition coefficient (Wildman–Crippen LogP) is 4.71. The van der Waals surface area contributed by atoms with Crippen LogP contribution in [0.4, 0.5) is 10.2 Å². The Morgan fingerprint density at radius 3 is 2.70 bits per heavy atom. The van der Waals surface area contributed by atoms with Crippen LogP contribution in [0.3, 0.4) is 0 Å². The van der Waals surface area contributed by atoms with Gasteiger partial charge in [-0.1, -0.05) is 25.4 Å². The molecule has 1 aliphatic rings. The molecule has 1 saturated heterocycles. The van der Waals surface area contributed by atoms with E-state index in [1.807, 2.05) is 12.1 Å². The fourth-order valence-corrected chi connectivity index (χ4v) is 3.94. The number of aromatic nitrogens is 2. The zero-order valence-electron chi connectivity index (χ0n) is 17.9. The number of nitrogens with one attached hydrogen (secondary N) is 1. The number of alkyl halides is 1. The maximum absolute atomic E-state index is 12.4. The number of rotatable bonds is 10. The van der Waals surface area contributed by atoms with Crippen molar-refractivity contribution in [1.29, 1.82) is 0 Å². The van der Waals surface area contributed by atoms with Gasteiger partial charge in [-0.25, -0.2) is 19.4 Å². The summed E-state index contributed by atoms with van der Waals surface area (Å²) in [5, 5.41) is 2.73. The molecular weight excluding hydrogens is 407 g/mol. The van der Waals surface area contributed by atoms with Crippen LogP contribution in [0.25, 0.3) is 11.3 Å². The average Bonchev–Trinajstić information content (AvgIpc) is 3.20. The van der Waals surface area contributed by atoms with Crippen LogP contribution in [0.2, 0.25) is 5.02 Å². The highest BCUT2D eigenvalue weighted by molar-refractivity contribution is 6.33. The van der Waals surface area contributed by atoms with Gasteiger partial charge in [0.25, 0.3) is 0 Å². The largest absolute Gasteiger partial charge is 0.497 e. The molecule has 8 heteroatoms. The number of halogens is 2. The van der Waals surface area contributed by atoms with E-state index >= 15 is 0 Å². The lowest BCUT2D eigenvalue weighted by molar-refractivity contribution is 0.0759. The molecule has 0 bridgehead atoms. The van der Waals surface area contributed by atoms with Crippen molar-refractivity contribution in [2.24, 2.45) is 0 Å². The number of aryl methyl sites for hydroxylation is 2. The maximum atomic E-state index is 12.4. The third kappa shape index (κ3) is 5.20. The van der Waals surface area contributed by atoms with E-state index in [-0.39, 0.29) is 12.6 Å². The van der Waals surface area contributed by atoms with Crippen LogP contribution in [0, 0.1) is 0 Å². The fourth-order valence-electron chi connectivity index (χ4n) is 3.68. The minimum absolute atomic E-state index is 0.141. The number of benzene rings is 1. The summed E-state index contributed by atoms with van der Waals surface area (Å²) in [4.78, 5) is 9.84. The van der Waals surface area contributed by atoms with Gasteiger partial charge < -0.3 is 14.9 Å². The van der Waals surface area contributed by atoms with Gasteiger partial charge in [-0.2, -0.15) is 0 Å². The highest BCUT2D eigenvalue weighted by atomic mass is 35.5. The van der Waals surface area contributed by atoms with Crippen LogP contribution in [0.5, 0.6) is 5.75 Å². The van der Waals surface area contributed by atoms with Crippen molar-refractivity contribution < 1.29 is 13.9 Å². The van der Waals surface area contributed by atoms with E-state index in [1.165, 1.54) is 0 Å². The Bertz CT molecular complexity index is 852. The van der Waals surface area contributed by atoms with Gasteiger partial charge in [0, 0.05) is 12.1 Å². The van der Waals surface area contributed by atoms with Gasteiger partial charge >= 0.3 is 0 Å². The first kappa shape index (κ1) is 22.7. The highest BCUT2D eigenvalue weighted by Crippen LogP contribution is 2.33. The minimum atomic E-state index is -0.457. The average molecular weight is 437 g/mol. The number of hydrazine groups is 1. The van der Waals surface area contributed by atoms with Crippen molar-refractivity contribution in [2.45, 2.75) is 45.6 Å². The normalized spacial score (nSPS) is 16.8. The van der Waals surface area contributed by atoms with Gasteiger partial charge in [0.15, 0.2) is 5.82 Å². The molecule has 0 radical (unpaired) electrons. The number of hydrogen-bond acceptors (Lipinski definition) is 6. The molecular formula is C22H30ClFN4O2. The van der Waals surface area contributed by atoms with Crippen LogP contribution in [-0.2, 0) is 17.6 Å². The summed E-state index contributed by atoms with van der Waals surface area (Å²) in [6, 6.07) is 5.80. The smallest absolute Gasteiger partial charge is 0.162 e. The van der Waals surface area contributed by atoms with Crippen molar-refractivity contribution in [1.82, 2.24) is 15.0 Å². The first-order valence-corrected chi connectivity index (χ1v) is 10.9. The van der Waals surface area contributed by atoms with E-state index in [9.17, 15) is 4.39 Å². The second-order valence-corrected chi connectivity index (χ2v) is 7.64.